The molecule has 20 heavy (non-hydrogen) atoms. The maximum Gasteiger partial charge on any atom is 0.146 e. The van der Waals surface area contributed by atoms with Gasteiger partial charge in [-0.3, -0.25) is 0 Å². The van der Waals surface area contributed by atoms with E-state index in [1.165, 1.54) is 38.5 Å². The van der Waals surface area contributed by atoms with Gasteiger partial charge in [0, 0.05) is 19.1 Å². The second-order valence-corrected chi connectivity index (χ2v) is 6.23. The first-order chi connectivity index (χ1) is 9.81. The van der Waals surface area contributed by atoms with E-state index in [-0.39, 0.29) is 5.82 Å². The van der Waals surface area contributed by atoms with Crippen LogP contribution in [0.5, 0.6) is 0 Å². The maximum atomic E-state index is 14.4. The van der Waals surface area contributed by atoms with Crippen molar-refractivity contribution in [2.75, 3.05) is 18.5 Å². The molecule has 1 atom stereocenters. The van der Waals surface area contributed by atoms with Crippen LogP contribution < -0.4 is 10.2 Å². The van der Waals surface area contributed by atoms with Crippen LogP contribution in [0, 0.1) is 11.7 Å². The number of rotatable bonds is 4. The highest BCUT2D eigenvalue weighted by molar-refractivity contribution is 5.56. The van der Waals surface area contributed by atoms with Crippen molar-refractivity contribution in [3.8, 4) is 0 Å². The average molecular weight is 276 g/mol. The van der Waals surface area contributed by atoms with Crippen LogP contribution in [0.4, 0.5) is 10.1 Å². The van der Waals surface area contributed by atoms with Gasteiger partial charge in [0.25, 0.3) is 0 Å². The number of anilines is 1. The Hall–Kier alpha value is -1.09. The maximum absolute atomic E-state index is 14.4. The Morgan fingerprint density at radius 3 is 2.75 bits per heavy atom. The van der Waals surface area contributed by atoms with E-state index < -0.39 is 0 Å². The van der Waals surface area contributed by atoms with Gasteiger partial charge >= 0.3 is 0 Å². The molecule has 2 nitrogen and oxygen atoms in total. The summed E-state index contributed by atoms with van der Waals surface area (Å²) in [4.78, 5) is 2.37. The van der Waals surface area contributed by atoms with Crippen LogP contribution in [0.3, 0.4) is 0 Å². The predicted octanol–water partition coefficient (Wildman–Crippen LogP) is 3.70. The number of para-hydroxylation sites is 1. The van der Waals surface area contributed by atoms with Gasteiger partial charge in [-0.25, -0.2) is 4.39 Å². The fraction of sp³-hybridized carbons (Fsp3) is 0.647. The van der Waals surface area contributed by atoms with Gasteiger partial charge in [0.1, 0.15) is 5.82 Å². The average Bonchev–Trinajstić information content (AvgIpc) is 3.09. The summed E-state index contributed by atoms with van der Waals surface area (Å²) in [5, 5.41) is 3.17. The largest absolute Gasteiger partial charge is 0.366 e. The Morgan fingerprint density at radius 1 is 1.20 bits per heavy atom. The zero-order valence-corrected chi connectivity index (χ0v) is 12.4. The number of nitrogens with one attached hydrogen (secondary N) is 1. The van der Waals surface area contributed by atoms with Crippen LogP contribution in [0.2, 0.25) is 0 Å². The summed E-state index contributed by atoms with van der Waals surface area (Å²) in [6.07, 6.45) is 7.81. The third-order valence-corrected chi connectivity index (χ3v) is 4.97. The van der Waals surface area contributed by atoms with E-state index in [1.54, 1.807) is 6.07 Å². The molecule has 1 saturated heterocycles. The highest BCUT2D eigenvalue weighted by Gasteiger charge is 2.35. The van der Waals surface area contributed by atoms with Crippen LogP contribution in [-0.2, 0) is 6.54 Å². The SMILES string of the molecule is CNCc1cccc(F)c1N1CCCC1C1CCCC1. The highest BCUT2D eigenvalue weighted by atomic mass is 19.1. The first-order valence-corrected chi connectivity index (χ1v) is 8.00. The number of hydrogen-bond acceptors (Lipinski definition) is 2. The van der Waals surface area contributed by atoms with Crippen LogP contribution in [-0.4, -0.2) is 19.6 Å². The fourth-order valence-corrected chi connectivity index (χ4v) is 4.12. The lowest BCUT2D eigenvalue weighted by atomic mass is 9.95. The lowest BCUT2D eigenvalue weighted by Crippen LogP contribution is -2.36. The number of nitrogens with zero attached hydrogens (tertiary/aromatic N) is 1. The number of benzene rings is 1. The molecular weight excluding hydrogens is 251 g/mol. The lowest BCUT2D eigenvalue weighted by Gasteiger charge is -2.33. The highest BCUT2D eigenvalue weighted by Crippen LogP contribution is 2.39. The van der Waals surface area contributed by atoms with Crippen molar-refractivity contribution in [1.29, 1.82) is 0 Å². The molecular formula is C17H25FN2. The molecule has 3 rings (SSSR count). The molecule has 0 aromatic heterocycles. The Balaban J connectivity index is 1.90. The van der Waals surface area contributed by atoms with Gasteiger partial charge in [0.05, 0.1) is 5.69 Å². The Bertz CT molecular complexity index is 454. The van der Waals surface area contributed by atoms with Crippen molar-refractivity contribution >= 4 is 5.69 Å². The molecule has 0 amide bonds. The van der Waals surface area contributed by atoms with Crippen LogP contribution in [0.25, 0.3) is 0 Å². The van der Waals surface area contributed by atoms with E-state index in [1.807, 2.05) is 13.1 Å². The van der Waals surface area contributed by atoms with Crippen LogP contribution >= 0.6 is 0 Å². The quantitative estimate of drug-likeness (QED) is 0.902. The summed E-state index contributed by atoms with van der Waals surface area (Å²) in [5.74, 6) is 0.724. The van der Waals surface area contributed by atoms with E-state index in [4.69, 9.17) is 0 Å². The van der Waals surface area contributed by atoms with Gasteiger partial charge in [-0.05, 0) is 50.3 Å². The second-order valence-electron chi connectivity index (χ2n) is 6.23. The Labute approximate surface area is 121 Å². The van der Waals surface area contributed by atoms with E-state index >= 15 is 0 Å². The zero-order chi connectivity index (χ0) is 13.9. The van der Waals surface area contributed by atoms with E-state index in [2.05, 4.69) is 16.3 Å². The van der Waals surface area contributed by atoms with Crippen LogP contribution in [0.1, 0.15) is 44.1 Å². The number of hydrogen-bond donors (Lipinski definition) is 1. The summed E-state index contributed by atoms with van der Waals surface area (Å²) in [5.41, 5.74) is 1.95. The predicted molar refractivity (Wildman–Crippen MR) is 81.5 cm³/mol. The molecule has 1 aromatic carbocycles. The molecule has 1 N–H and O–H groups in total. The standard InChI is InChI=1S/C17H25FN2/c1-19-12-14-8-4-9-15(18)17(14)20-11-5-10-16(20)13-6-2-3-7-13/h4,8-9,13,16,19H,2-3,5-7,10-12H2,1H3. The van der Waals surface area contributed by atoms with Gasteiger partial charge < -0.3 is 10.2 Å². The topological polar surface area (TPSA) is 15.3 Å². The third-order valence-electron chi connectivity index (χ3n) is 4.97. The molecule has 1 saturated carbocycles. The Kier molecular flexibility index (Phi) is 4.25. The third kappa shape index (κ3) is 2.56. The van der Waals surface area contributed by atoms with Gasteiger partial charge in [-0.1, -0.05) is 25.0 Å². The molecule has 110 valence electrons. The first-order valence-electron chi connectivity index (χ1n) is 8.00. The molecule has 0 radical (unpaired) electrons. The van der Waals surface area contributed by atoms with E-state index in [9.17, 15) is 4.39 Å². The van der Waals surface area contributed by atoms with Crippen molar-refractivity contribution in [1.82, 2.24) is 5.32 Å². The number of halogens is 1. The van der Waals surface area contributed by atoms with Crippen molar-refractivity contribution in [2.24, 2.45) is 5.92 Å². The molecule has 1 heterocycles. The van der Waals surface area contributed by atoms with E-state index in [0.717, 1.165) is 30.3 Å². The summed E-state index contributed by atoms with van der Waals surface area (Å²) < 4.78 is 14.4. The molecule has 3 heteroatoms. The lowest BCUT2D eigenvalue weighted by molar-refractivity contribution is 0.427. The molecule has 1 unspecified atom stereocenters. The minimum atomic E-state index is -0.0531. The first kappa shape index (κ1) is 13.9. The van der Waals surface area contributed by atoms with Crippen LogP contribution in [0.15, 0.2) is 18.2 Å². The van der Waals surface area contributed by atoms with E-state index in [0.29, 0.717) is 6.04 Å². The van der Waals surface area contributed by atoms with Crippen molar-refractivity contribution in [3.63, 3.8) is 0 Å². The minimum Gasteiger partial charge on any atom is -0.366 e. The zero-order valence-electron chi connectivity index (χ0n) is 12.4. The monoisotopic (exact) mass is 276 g/mol. The van der Waals surface area contributed by atoms with Gasteiger partial charge in [-0.15, -0.1) is 0 Å². The van der Waals surface area contributed by atoms with Gasteiger partial charge in [0.15, 0.2) is 0 Å². The summed E-state index contributed by atoms with van der Waals surface area (Å²) in [6.45, 7) is 1.75. The van der Waals surface area contributed by atoms with Gasteiger partial charge in [0.2, 0.25) is 0 Å². The van der Waals surface area contributed by atoms with Crippen molar-refractivity contribution < 1.29 is 4.39 Å². The minimum absolute atomic E-state index is 0.0531. The molecule has 1 aromatic rings. The summed E-state index contributed by atoms with van der Waals surface area (Å²) in [7, 11) is 1.92. The normalized spacial score (nSPS) is 23.7. The molecule has 2 aliphatic rings. The molecule has 1 aliphatic carbocycles. The smallest absolute Gasteiger partial charge is 0.146 e. The Morgan fingerprint density at radius 2 is 2.00 bits per heavy atom. The van der Waals surface area contributed by atoms with Crippen molar-refractivity contribution in [2.45, 2.75) is 51.1 Å². The molecule has 1 aliphatic heterocycles. The molecule has 0 spiro atoms. The molecule has 2 fully saturated rings. The van der Waals surface area contributed by atoms with Crippen molar-refractivity contribution in [3.05, 3.63) is 29.6 Å². The van der Waals surface area contributed by atoms with Gasteiger partial charge in [-0.2, -0.15) is 0 Å². The fourth-order valence-electron chi connectivity index (χ4n) is 4.12. The molecule has 0 bridgehead atoms. The second kappa shape index (κ2) is 6.13. The summed E-state index contributed by atoms with van der Waals surface area (Å²) >= 11 is 0. The summed E-state index contributed by atoms with van der Waals surface area (Å²) in [6, 6.07) is 6.05.